The molecule has 0 spiro atoms. The Kier molecular flexibility index (Phi) is 5.18. The molecule has 3 heteroatoms. The third-order valence-corrected chi connectivity index (χ3v) is 4.46. The second-order valence-electron chi connectivity index (χ2n) is 5.46. The molecule has 3 nitrogen and oxygen atoms in total. The van der Waals surface area contributed by atoms with Crippen molar-refractivity contribution in [1.29, 1.82) is 0 Å². The van der Waals surface area contributed by atoms with Crippen LogP contribution in [0.1, 0.15) is 38.7 Å². The van der Waals surface area contributed by atoms with E-state index in [4.69, 9.17) is 4.74 Å². The Morgan fingerprint density at radius 2 is 1.85 bits per heavy atom. The molecule has 0 unspecified atom stereocenters. The minimum atomic E-state index is -0.371. The van der Waals surface area contributed by atoms with E-state index in [-0.39, 0.29) is 11.4 Å². The van der Waals surface area contributed by atoms with Crippen molar-refractivity contribution in [3.05, 3.63) is 35.9 Å². The van der Waals surface area contributed by atoms with Crippen molar-refractivity contribution in [2.24, 2.45) is 0 Å². The number of ether oxygens (including phenoxy) is 1. The molecule has 20 heavy (non-hydrogen) atoms. The summed E-state index contributed by atoms with van der Waals surface area (Å²) in [6, 6.07) is 10.1. The molecule has 0 aromatic heterocycles. The fourth-order valence-electron chi connectivity index (χ4n) is 2.84. The van der Waals surface area contributed by atoms with Crippen molar-refractivity contribution < 1.29 is 9.53 Å². The van der Waals surface area contributed by atoms with Gasteiger partial charge in [-0.1, -0.05) is 50.6 Å². The number of carbonyl (C=O) groups excluding carboxylic acids is 1. The van der Waals surface area contributed by atoms with Crippen LogP contribution in [0.4, 0.5) is 0 Å². The molecule has 2 rings (SSSR count). The van der Waals surface area contributed by atoms with Crippen LogP contribution in [0, 0.1) is 0 Å². The van der Waals surface area contributed by atoms with Crippen LogP contribution < -0.4 is 0 Å². The van der Waals surface area contributed by atoms with Gasteiger partial charge in [0.2, 0.25) is 0 Å². The van der Waals surface area contributed by atoms with E-state index in [0.717, 1.165) is 44.5 Å². The van der Waals surface area contributed by atoms with Gasteiger partial charge < -0.3 is 9.64 Å². The minimum absolute atomic E-state index is 0.0397. The lowest BCUT2D eigenvalue weighted by Gasteiger charge is -2.39. The van der Waals surface area contributed by atoms with Crippen molar-refractivity contribution >= 4 is 5.97 Å². The molecule has 0 bridgehead atoms. The Hall–Kier alpha value is -1.35. The van der Waals surface area contributed by atoms with Crippen molar-refractivity contribution in [1.82, 2.24) is 4.90 Å². The molecule has 0 aliphatic heterocycles. The van der Waals surface area contributed by atoms with Gasteiger partial charge in [-0.25, -0.2) is 0 Å². The van der Waals surface area contributed by atoms with Crippen LogP contribution in [-0.4, -0.2) is 37.1 Å². The highest BCUT2D eigenvalue weighted by atomic mass is 16.5. The zero-order valence-corrected chi connectivity index (χ0v) is 12.6. The van der Waals surface area contributed by atoms with Gasteiger partial charge in [0, 0.05) is 6.54 Å². The number of carbonyl (C=O) groups is 1. The monoisotopic (exact) mass is 275 g/mol. The van der Waals surface area contributed by atoms with Gasteiger partial charge in [0.1, 0.15) is 6.61 Å². The number of hydrogen-bond donors (Lipinski definition) is 0. The Labute approximate surface area is 121 Å². The highest BCUT2D eigenvalue weighted by molar-refractivity contribution is 5.84. The first-order chi connectivity index (χ1) is 9.73. The maximum atomic E-state index is 12.5. The summed E-state index contributed by atoms with van der Waals surface area (Å²) in [5.41, 5.74) is 0.740. The summed E-state index contributed by atoms with van der Waals surface area (Å²) in [5.74, 6) is -0.0397. The molecule has 1 aromatic rings. The molecule has 1 aromatic carbocycles. The van der Waals surface area contributed by atoms with E-state index < -0.39 is 0 Å². The fourth-order valence-corrected chi connectivity index (χ4v) is 2.84. The molecule has 0 N–H and O–H groups in total. The maximum absolute atomic E-state index is 12.5. The van der Waals surface area contributed by atoms with Crippen LogP contribution >= 0.6 is 0 Å². The van der Waals surface area contributed by atoms with Gasteiger partial charge in [0.25, 0.3) is 0 Å². The molecule has 0 radical (unpaired) electrons. The van der Waals surface area contributed by atoms with Gasteiger partial charge >= 0.3 is 5.97 Å². The number of esters is 1. The van der Waals surface area contributed by atoms with Gasteiger partial charge in [-0.05, 0) is 31.5 Å². The first-order valence-electron chi connectivity index (χ1n) is 7.68. The lowest BCUT2D eigenvalue weighted by atomic mass is 9.64. The van der Waals surface area contributed by atoms with E-state index in [9.17, 15) is 4.79 Å². The summed E-state index contributed by atoms with van der Waals surface area (Å²) in [4.78, 5) is 14.7. The van der Waals surface area contributed by atoms with Crippen LogP contribution in [0.5, 0.6) is 0 Å². The van der Waals surface area contributed by atoms with Crippen LogP contribution in [0.15, 0.2) is 30.3 Å². The normalized spacial score (nSPS) is 16.8. The lowest BCUT2D eigenvalue weighted by molar-refractivity contribution is -0.154. The van der Waals surface area contributed by atoms with E-state index in [1.807, 2.05) is 30.3 Å². The topological polar surface area (TPSA) is 29.5 Å². The Morgan fingerprint density at radius 1 is 1.20 bits per heavy atom. The quantitative estimate of drug-likeness (QED) is 0.716. The predicted molar refractivity (Wildman–Crippen MR) is 80.7 cm³/mol. The van der Waals surface area contributed by atoms with Gasteiger partial charge in [0.05, 0.1) is 5.41 Å². The van der Waals surface area contributed by atoms with E-state index in [2.05, 4.69) is 18.7 Å². The summed E-state index contributed by atoms with van der Waals surface area (Å²) in [6.45, 7) is 7.57. The SMILES string of the molecule is CCN(CC)CCOC(=O)C1(c2ccccc2)CCC1. The summed E-state index contributed by atoms with van der Waals surface area (Å²) in [7, 11) is 0. The molecule has 1 aliphatic rings. The average Bonchev–Trinajstić information content (AvgIpc) is 2.44. The van der Waals surface area contributed by atoms with E-state index in [0.29, 0.717) is 6.61 Å². The average molecular weight is 275 g/mol. The second-order valence-corrected chi connectivity index (χ2v) is 5.46. The maximum Gasteiger partial charge on any atom is 0.316 e. The zero-order valence-electron chi connectivity index (χ0n) is 12.6. The Morgan fingerprint density at radius 3 is 2.35 bits per heavy atom. The lowest BCUT2D eigenvalue weighted by Crippen LogP contribution is -2.44. The minimum Gasteiger partial charge on any atom is -0.464 e. The largest absolute Gasteiger partial charge is 0.464 e. The summed E-state index contributed by atoms with van der Waals surface area (Å²) >= 11 is 0. The van der Waals surface area contributed by atoms with Crippen LogP contribution in [0.25, 0.3) is 0 Å². The van der Waals surface area contributed by atoms with E-state index in [1.165, 1.54) is 0 Å². The molecule has 1 saturated carbocycles. The molecule has 0 atom stereocenters. The number of likely N-dealkylation sites (N-methyl/N-ethyl adjacent to an activating group) is 1. The smallest absolute Gasteiger partial charge is 0.316 e. The van der Waals surface area contributed by atoms with Gasteiger partial charge in [-0.2, -0.15) is 0 Å². The Bertz CT molecular complexity index is 422. The predicted octanol–water partition coefficient (Wildman–Crippen LogP) is 2.99. The van der Waals surface area contributed by atoms with E-state index in [1.54, 1.807) is 0 Å². The summed E-state index contributed by atoms with van der Waals surface area (Å²) in [5, 5.41) is 0. The number of rotatable bonds is 7. The first kappa shape index (κ1) is 15.0. The number of benzene rings is 1. The summed E-state index contributed by atoms with van der Waals surface area (Å²) in [6.07, 6.45) is 2.95. The second kappa shape index (κ2) is 6.89. The molecule has 110 valence electrons. The molecule has 0 heterocycles. The standard InChI is InChI=1S/C17H25NO2/c1-3-18(4-2)13-14-20-16(19)17(11-8-12-17)15-9-6-5-7-10-15/h5-7,9-10H,3-4,8,11-14H2,1-2H3. The van der Waals surface area contributed by atoms with Crippen molar-refractivity contribution in [2.45, 2.75) is 38.5 Å². The molecular weight excluding hydrogens is 250 g/mol. The third-order valence-electron chi connectivity index (χ3n) is 4.46. The fraction of sp³-hybridized carbons (Fsp3) is 0.588. The van der Waals surface area contributed by atoms with Crippen molar-refractivity contribution in [3.8, 4) is 0 Å². The molecule has 0 saturated heterocycles. The highest BCUT2D eigenvalue weighted by Gasteiger charge is 2.46. The van der Waals surface area contributed by atoms with Crippen molar-refractivity contribution in [2.75, 3.05) is 26.2 Å². The molecule has 1 fully saturated rings. The first-order valence-corrected chi connectivity index (χ1v) is 7.68. The van der Waals surface area contributed by atoms with Gasteiger partial charge in [-0.3, -0.25) is 4.79 Å². The molecule has 0 amide bonds. The van der Waals surface area contributed by atoms with E-state index >= 15 is 0 Å². The zero-order chi connectivity index (χ0) is 14.4. The van der Waals surface area contributed by atoms with Gasteiger partial charge in [0.15, 0.2) is 0 Å². The molecule has 1 aliphatic carbocycles. The van der Waals surface area contributed by atoms with Gasteiger partial charge in [-0.15, -0.1) is 0 Å². The van der Waals surface area contributed by atoms with Crippen LogP contribution in [0.3, 0.4) is 0 Å². The number of hydrogen-bond acceptors (Lipinski definition) is 3. The van der Waals surface area contributed by atoms with Crippen LogP contribution in [0.2, 0.25) is 0 Å². The summed E-state index contributed by atoms with van der Waals surface area (Å²) < 4.78 is 5.56. The van der Waals surface area contributed by atoms with Crippen molar-refractivity contribution in [3.63, 3.8) is 0 Å². The Balaban J connectivity index is 1.93. The number of nitrogens with zero attached hydrogens (tertiary/aromatic N) is 1. The third kappa shape index (κ3) is 3.04. The van der Waals surface area contributed by atoms with Crippen LogP contribution in [-0.2, 0) is 14.9 Å². The highest BCUT2D eigenvalue weighted by Crippen LogP contribution is 2.44. The molecular formula is C17H25NO2.